The maximum absolute atomic E-state index is 13.8. The summed E-state index contributed by atoms with van der Waals surface area (Å²) in [5, 5.41) is 0. The van der Waals surface area contributed by atoms with Crippen LogP contribution < -0.4 is 5.73 Å². The molecule has 2 N–H and O–H groups in total. The predicted molar refractivity (Wildman–Crippen MR) is 77.5 cm³/mol. The minimum absolute atomic E-state index is 0.0405. The van der Waals surface area contributed by atoms with E-state index in [0.717, 1.165) is 37.5 Å². The molecule has 5 heteroatoms. The van der Waals surface area contributed by atoms with Gasteiger partial charge in [0.15, 0.2) is 0 Å². The number of hydrogen-bond donors (Lipinski definition) is 1. The molecule has 1 saturated carbocycles. The van der Waals surface area contributed by atoms with Crippen molar-refractivity contribution >= 4 is 5.91 Å². The average Bonchev–Trinajstić information content (AvgIpc) is 2.47. The lowest BCUT2D eigenvalue weighted by Gasteiger charge is -2.32. The van der Waals surface area contributed by atoms with Crippen LogP contribution >= 0.6 is 0 Å². The molecule has 1 aliphatic rings. The summed E-state index contributed by atoms with van der Waals surface area (Å²) in [6.45, 7) is 1.71. The van der Waals surface area contributed by atoms with E-state index >= 15 is 0 Å². The van der Waals surface area contributed by atoms with Crippen molar-refractivity contribution < 1.29 is 13.6 Å². The normalized spacial score (nSPS) is 23.7. The highest BCUT2D eigenvalue weighted by atomic mass is 19.1. The van der Waals surface area contributed by atoms with Crippen LogP contribution in [-0.2, 0) is 4.79 Å². The minimum atomic E-state index is -0.508. The first-order valence-corrected chi connectivity index (χ1v) is 7.37. The first-order chi connectivity index (χ1) is 9.90. The Morgan fingerprint density at radius 2 is 2.10 bits per heavy atom. The largest absolute Gasteiger partial charge is 0.339 e. The fourth-order valence-corrected chi connectivity index (χ4v) is 2.97. The summed E-state index contributed by atoms with van der Waals surface area (Å²) in [7, 11) is 1.64. The van der Waals surface area contributed by atoms with E-state index in [2.05, 4.69) is 0 Å². The number of rotatable bonds is 3. The third-order valence-corrected chi connectivity index (χ3v) is 4.40. The Morgan fingerprint density at radius 1 is 1.38 bits per heavy atom. The minimum Gasteiger partial charge on any atom is -0.339 e. The van der Waals surface area contributed by atoms with Gasteiger partial charge in [-0.15, -0.1) is 0 Å². The van der Waals surface area contributed by atoms with Crippen LogP contribution in [0.4, 0.5) is 8.78 Å². The maximum atomic E-state index is 13.8. The third-order valence-electron chi connectivity index (χ3n) is 4.40. The van der Waals surface area contributed by atoms with Gasteiger partial charge in [0, 0.05) is 24.6 Å². The number of hydrogen-bond acceptors (Lipinski definition) is 2. The molecule has 1 aromatic rings. The van der Waals surface area contributed by atoms with E-state index in [0.29, 0.717) is 6.42 Å². The van der Waals surface area contributed by atoms with E-state index in [1.54, 1.807) is 14.0 Å². The van der Waals surface area contributed by atoms with Gasteiger partial charge < -0.3 is 10.6 Å². The van der Waals surface area contributed by atoms with Gasteiger partial charge in [-0.05, 0) is 44.4 Å². The van der Waals surface area contributed by atoms with E-state index < -0.39 is 17.7 Å². The van der Waals surface area contributed by atoms with Gasteiger partial charge >= 0.3 is 0 Å². The van der Waals surface area contributed by atoms with E-state index in [1.165, 1.54) is 4.90 Å². The van der Waals surface area contributed by atoms with Crippen molar-refractivity contribution in [3.8, 4) is 0 Å². The maximum Gasteiger partial charge on any atom is 0.225 e. The fraction of sp³-hybridized carbons (Fsp3) is 0.562. The van der Waals surface area contributed by atoms with Crippen molar-refractivity contribution in [2.75, 3.05) is 7.05 Å². The van der Waals surface area contributed by atoms with Crippen molar-refractivity contribution in [3.63, 3.8) is 0 Å². The number of nitrogens with zero attached hydrogens (tertiary/aromatic N) is 1. The highest BCUT2D eigenvalue weighted by Crippen LogP contribution is 2.29. The Kier molecular flexibility index (Phi) is 4.93. The Labute approximate surface area is 124 Å². The summed E-state index contributed by atoms with van der Waals surface area (Å²) in [6, 6.07) is 2.87. The molecule has 116 valence electrons. The van der Waals surface area contributed by atoms with Crippen molar-refractivity contribution in [1.29, 1.82) is 0 Å². The van der Waals surface area contributed by atoms with Crippen LogP contribution in [0.2, 0.25) is 0 Å². The van der Waals surface area contributed by atoms with Crippen molar-refractivity contribution in [3.05, 3.63) is 35.4 Å². The second kappa shape index (κ2) is 6.52. The summed E-state index contributed by atoms with van der Waals surface area (Å²) in [5.74, 6) is -1.15. The summed E-state index contributed by atoms with van der Waals surface area (Å²) in [5.41, 5.74) is 6.11. The van der Waals surface area contributed by atoms with Gasteiger partial charge in [0.1, 0.15) is 11.6 Å². The Hall–Kier alpha value is -1.49. The Bertz CT molecular complexity index is 521. The molecule has 0 bridgehead atoms. The second-order valence-electron chi connectivity index (χ2n) is 5.91. The van der Waals surface area contributed by atoms with Gasteiger partial charge in [-0.1, -0.05) is 6.42 Å². The number of carbonyl (C=O) groups excluding carboxylic acids is 1. The monoisotopic (exact) mass is 296 g/mol. The molecule has 1 amide bonds. The smallest absolute Gasteiger partial charge is 0.225 e. The van der Waals surface area contributed by atoms with E-state index in [1.807, 2.05) is 0 Å². The Balaban J connectivity index is 2.12. The number of carbonyl (C=O) groups is 1. The molecular formula is C16H22F2N2O. The molecule has 1 fully saturated rings. The molecule has 1 aromatic carbocycles. The van der Waals surface area contributed by atoms with Crippen LogP contribution in [0.3, 0.4) is 0 Å². The summed E-state index contributed by atoms with van der Waals surface area (Å²) in [6.07, 6.45) is 3.37. The summed E-state index contributed by atoms with van der Waals surface area (Å²) < 4.78 is 27.1. The van der Waals surface area contributed by atoms with Gasteiger partial charge in [0.25, 0.3) is 0 Å². The molecule has 0 aliphatic heterocycles. The molecule has 0 spiro atoms. The van der Waals surface area contributed by atoms with Crippen LogP contribution in [0, 0.1) is 17.6 Å². The Morgan fingerprint density at radius 3 is 2.76 bits per heavy atom. The first kappa shape index (κ1) is 15.9. The van der Waals surface area contributed by atoms with Crippen LogP contribution in [-0.4, -0.2) is 23.9 Å². The SMILES string of the molecule is C[C@H](c1cc(F)ccc1F)N(C)C(=O)[C@H]1CCC[C@H](N)C1. The van der Waals surface area contributed by atoms with E-state index in [9.17, 15) is 13.6 Å². The number of amides is 1. The quantitative estimate of drug-likeness (QED) is 0.932. The van der Waals surface area contributed by atoms with E-state index in [4.69, 9.17) is 5.73 Å². The topological polar surface area (TPSA) is 46.3 Å². The molecule has 0 aromatic heterocycles. The fourth-order valence-electron chi connectivity index (χ4n) is 2.97. The highest BCUT2D eigenvalue weighted by Gasteiger charge is 2.30. The number of nitrogens with two attached hydrogens (primary N) is 1. The molecular weight excluding hydrogens is 274 g/mol. The molecule has 2 rings (SSSR count). The zero-order valence-electron chi connectivity index (χ0n) is 12.5. The molecule has 3 nitrogen and oxygen atoms in total. The van der Waals surface area contributed by atoms with Gasteiger partial charge in [-0.3, -0.25) is 4.79 Å². The van der Waals surface area contributed by atoms with Crippen molar-refractivity contribution in [1.82, 2.24) is 4.90 Å². The zero-order chi connectivity index (χ0) is 15.6. The number of benzene rings is 1. The van der Waals surface area contributed by atoms with Crippen LogP contribution in [0.5, 0.6) is 0 Å². The lowest BCUT2D eigenvalue weighted by Crippen LogP contribution is -2.40. The lowest BCUT2D eigenvalue weighted by molar-refractivity contribution is -0.137. The summed E-state index contributed by atoms with van der Waals surface area (Å²) in [4.78, 5) is 14.0. The summed E-state index contributed by atoms with van der Waals surface area (Å²) >= 11 is 0. The predicted octanol–water partition coefficient (Wildman–Crippen LogP) is 3.00. The van der Waals surface area contributed by atoms with Gasteiger partial charge in [-0.2, -0.15) is 0 Å². The standard InChI is InChI=1S/C16H22F2N2O/c1-10(14-9-12(17)6-7-15(14)18)20(2)16(21)11-4-3-5-13(19)8-11/h6-7,9-11,13H,3-5,8,19H2,1-2H3/t10-,11+,13+/m1/s1. The molecule has 3 atom stereocenters. The van der Waals surface area contributed by atoms with Crippen LogP contribution in [0.1, 0.15) is 44.2 Å². The third kappa shape index (κ3) is 3.59. The zero-order valence-corrected chi connectivity index (χ0v) is 12.5. The lowest BCUT2D eigenvalue weighted by atomic mass is 9.85. The molecule has 0 heterocycles. The molecule has 1 aliphatic carbocycles. The first-order valence-electron chi connectivity index (χ1n) is 7.37. The van der Waals surface area contributed by atoms with Gasteiger partial charge in [-0.25, -0.2) is 8.78 Å². The second-order valence-corrected chi connectivity index (χ2v) is 5.91. The van der Waals surface area contributed by atoms with Crippen molar-refractivity contribution in [2.45, 2.75) is 44.7 Å². The van der Waals surface area contributed by atoms with E-state index in [-0.39, 0.29) is 23.4 Å². The molecule has 0 radical (unpaired) electrons. The molecule has 0 saturated heterocycles. The van der Waals surface area contributed by atoms with Gasteiger partial charge in [0.05, 0.1) is 6.04 Å². The van der Waals surface area contributed by atoms with Crippen molar-refractivity contribution in [2.24, 2.45) is 11.7 Å². The van der Waals surface area contributed by atoms with Crippen LogP contribution in [0.15, 0.2) is 18.2 Å². The van der Waals surface area contributed by atoms with Crippen LogP contribution in [0.25, 0.3) is 0 Å². The molecule has 0 unspecified atom stereocenters. The number of halogens is 2. The van der Waals surface area contributed by atoms with Gasteiger partial charge in [0.2, 0.25) is 5.91 Å². The average molecular weight is 296 g/mol. The highest BCUT2D eigenvalue weighted by molar-refractivity contribution is 5.79. The molecule has 21 heavy (non-hydrogen) atoms.